The van der Waals surface area contributed by atoms with Crippen LogP contribution in [0.5, 0.6) is 11.6 Å². The number of rotatable bonds is 9. The monoisotopic (exact) mass is 481 g/mol. The van der Waals surface area contributed by atoms with E-state index in [1.54, 1.807) is 0 Å². The summed E-state index contributed by atoms with van der Waals surface area (Å²) in [6, 6.07) is 7.76. The summed E-state index contributed by atoms with van der Waals surface area (Å²) in [7, 11) is 3.55. The van der Waals surface area contributed by atoms with E-state index in [2.05, 4.69) is 29.1 Å². The van der Waals surface area contributed by atoms with Crippen LogP contribution in [0.15, 0.2) is 24.3 Å². The Balaban J connectivity index is 1.63. The quantitative estimate of drug-likeness (QED) is 0.441. The van der Waals surface area contributed by atoms with Gasteiger partial charge >= 0.3 is 5.97 Å². The number of likely N-dealkylation sites (tertiary alicyclic amines) is 1. The summed E-state index contributed by atoms with van der Waals surface area (Å²) in [6.45, 7) is 4.20. The second kappa shape index (κ2) is 12.3. The number of ether oxygens (including phenoxy) is 3. The van der Waals surface area contributed by atoms with Crippen LogP contribution in [-0.4, -0.2) is 60.5 Å². The van der Waals surface area contributed by atoms with Crippen LogP contribution < -0.4 is 9.47 Å². The van der Waals surface area contributed by atoms with Crippen molar-refractivity contribution in [3.63, 3.8) is 0 Å². The molecule has 2 fully saturated rings. The van der Waals surface area contributed by atoms with Gasteiger partial charge in [-0.2, -0.15) is 5.10 Å². The molecule has 7 nitrogen and oxygen atoms in total. The van der Waals surface area contributed by atoms with Crippen LogP contribution in [0.2, 0.25) is 0 Å². The summed E-state index contributed by atoms with van der Waals surface area (Å²) in [5, 5.41) is 8.95. The lowest BCUT2D eigenvalue weighted by Gasteiger charge is -2.29. The van der Waals surface area contributed by atoms with E-state index in [1.165, 1.54) is 26.4 Å². The van der Waals surface area contributed by atoms with Crippen LogP contribution >= 0.6 is 0 Å². The number of aryl methyl sites for hydroxylation is 1. The van der Waals surface area contributed by atoms with Gasteiger partial charge in [0.05, 0.1) is 18.9 Å². The van der Waals surface area contributed by atoms with Gasteiger partial charge in [0.1, 0.15) is 17.4 Å². The lowest BCUT2D eigenvalue weighted by molar-refractivity contribution is 0.0590. The smallest absolute Gasteiger partial charge is 0.341 e. The van der Waals surface area contributed by atoms with E-state index in [9.17, 15) is 4.79 Å². The van der Waals surface area contributed by atoms with Crippen LogP contribution in [0.4, 0.5) is 0 Å². The molecule has 1 saturated carbocycles. The minimum Gasteiger partial charge on any atom is -0.490 e. The summed E-state index contributed by atoms with van der Waals surface area (Å²) in [5.74, 6) is 0.738. The number of unbranched alkanes of at least 4 members (excludes halogenated alkanes) is 1. The van der Waals surface area contributed by atoms with E-state index < -0.39 is 5.97 Å². The van der Waals surface area contributed by atoms with Crippen molar-refractivity contribution in [1.29, 1.82) is 0 Å². The van der Waals surface area contributed by atoms with Crippen molar-refractivity contribution in [1.82, 2.24) is 15.1 Å². The van der Waals surface area contributed by atoms with Crippen molar-refractivity contribution in [2.45, 2.75) is 83.3 Å². The van der Waals surface area contributed by atoms with E-state index in [-0.39, 0.29) is 12.2 Å². The molecule has 2 aromatic rings. The number of hydrogen-bond donors (Lipinski definition) is 0. The van der Waals surface area contributed by atoms with E-state index in [0.29, 0.717) is 17.2 Å². The summed E-state index contributed by atoms with van der Waals surface area (Å²) in [4.78, 5) is 15.0. The Morgan fingerprint density at radius 3 is 2.46 bits per heavy atom. The molecule has 1 aromatic carbocycles. The summed E-state index contributed by atoms with van der Waals surface area (Å²) in [6.07, 6.45) is 10.8. The third kappa shape index (κ3) is 6.72. The Morgan fingerprint density at radius 1 is 1.00 bits per heavy atom. The number of carbonyl (C=O) groups is 1. The molecule has 0 amide bonds. The highest BCUT2D eigenvalue weighted by Gasteiger charge is 2.23. The van der Waals surface area contributed by atoms with Gasteiger partial charge in [0.15, 0.2) is 0 Å². The van der Waals surface area contributed by atoms with Crippen molar-refractivity contribution in [2.24, 2.45) is 0 Å². The van der Waals surface area contributed by atoms with Gasteiger partial charge in [-0.15, -0.1) is 5.10 Å². The number of benzene rings is 1. The number of aromatic nitrogens is 2. The molecular formula is C28H39N3O4. The van der Waals surface area contributed by atoms with Crippen molar-refractivity contribution in [3.8, 4) is 22.8 Å². The predicted molar refractivity (Wildman–Crippen MR) is 136 cm³/mol. The topological polar surface area (TPSA) is 73.8 Å². The molecule has 190 valence electrons. The SMILES string of the molecule is CCCCc1nnc(OC2CCN(C)CC2)cc1-c1ccc(OC2CCCCC2)c(C(=O)OC)c1. The third-order valence-corrected chi connectivity index (χ3v) is 7.11. The van der Waals surface area contributed by atoms with Crippen LogP contribution in [-0.2, 0) is 11.2 Å². The first-order valence-electron chi connectivity index (χ1n) is 13.2. The lowest BCUT2D eigenvalue weighted by atomic mass is 9.97. The fourth-order valence-electron chi connectivity index (χ4n) is 4.94. The second-order valence-corrected chi connectivity index (χ2v) is 9.85. The molecule has 1 aliphatic carbocycles. The normalized spacial score (nSPS) is 17.8. The Bertz CT molecular complexity index is 982. The van der Waals surface area contributed by atoms with Crippen molar-refractivity contribution in [3.05, 3.63) is 35.5 Å². The molecule has 0 spiro atoms. The average molecular weight is 482 g/mol. The van der Waals surface area contributed by atoms with E-state index in [0.717, 1.165) is 74.9 Å². The highest BCUT2D eigenvalue weighted by molar-refractivity contribution is 5.94. The number of piperidine rings is 1. The fourth-order valence-corrected chi connectivity index (χ4v) is 4.94. The summed E-state index contributed by atoms with van der Waals surface area (Å²) < 4.78 is 17.6. The molecule has 7 heteroatoms. The zero-order valence-corrected chi connectivity index (χ0v) is 21.4. The van der Waals surface area contributed by atoms with Crippen LogP contribution in [0.25, 0.3) is 11.1 Å². The molecular weight excluding hydrogens is 442 g/mol. The van der Waals surface area contributed by atoms with Gasteiger partial charge in [-0.05, 0) is 76.1 Å². The summed E-state index contributed by atoms with van der Waals surface area (Å²) >= 11 is 0. The Hall–Kier alpha value is -2.67. The van der Waals surface area contributed by atoms with E-state index in [4.69, 9.17) is 14.2 Å². The molecule has 2 aliphatic rings. The molecule has 4 rings (SSSR count). The molecule has 1 saturated heterocycles. The van der Waals surface area contributed by atoms with Gasteiger partial charge in [-0.1, -0.05) is 25.8 Å². The molecule has 1 aromatic heterocycles. The molecule has 0 N–H and O–H groups in total. The number of esters is 1. The predicted octanol–water partition coefficient (Wildman–Crippen LogP) is 5.46. The lowest BCUT2D eigenvalue weighted by Crippen LogP contribution is -2.35. The van der Waals surface area contributed by atoms with Gasteiger partial charge in [0.25, 0.3) is 0 Å². The van der Waals surface area contributed by atoms with Gasteiger partial charge in [0, 0.05) is 24.7 Å². The Morgan fingerprint density at radius 2 is 1.74 bits per heavy atom. The number of carbonyl (C=O) groups excluding carboxylic acids is 1. The number of hydrogen-bond acceptors (Lipinski definition) is 7. The zero-order valence-electron chi connectivity index (χ0n) is 21.4. The maximum Gasteiger partial charge on any atom is 0.341 e. The highest BCUT2D eigenvalue weighted by Crippen LogP contribution is 2.33. The van der Waals surface area contributed by atoms with E-state index in [1.807, 2.05) is 24.3 Å². The molecule has 1 aliphatic heterocycles. The minimum absolute atomic E-state index is 0.145. The van der Waals surface area contributed by atoms with E-state index >= 15 is 0 Å². The Kier molecular flexibility index (Phi) is 8.96. The standard InChI is InChI=1S/C28H39N3O4/c1-4-5-11-25-23(19-27(30-29-25)35-22-14-16-31(2)17-15-22)20-12-13-26(24(18-20)28(32)33-3)34-21-9-7-6-8-10-21/h12-13,18-19,21-22H,4-11,14-17H2,1-3H3. The summed E-state index contributed by atoms with van der Waals surface area (Å²) in [5.41, 5.74) is 3.22. The molecule has 2 heterocycles. The second-order valence-electron chi connectivity index (χ2n) is 9.85. The van der Waals surface area contributed by atoms with Gasteiger partial charge in [-0.3, -0.25) is 0 Å². The fraction of sp³-hybridized carbons (Fsp3) is 0.607. The molecule has 0 radical (unpaired) electrons. The van der Waals surface area contributed by atoms with Gasteiger partial charge in [0.2, 0.25) is 5.88 Å². The largest absolute Gasteiger partial charge is 0.490 e. The first-order valence-corrected chi connectivity index (χ1v) is 13.2. The maximum absolute atomic E-state index is 12.7. The number of nitrogens with zero attached hydrogens (tertiary/aromatic N) is 3. The molecule has 35 heavy (non-hydrogen) atoms. The molecule has 0 bridgehead atoms. The van der Waals surface area contributed by atoms with Crippen molar-refractivity contribution in [2.75, 3.05) is 27.2 Å². The zero-order chi connectivity index (χ0) is 24.6. The Labute approximate surface area is 209 Å². The first-order chi connectivity index (χ1) is 17.1. The first kappa shape index (κ1) is 25.4. The van der Waals surface area contributed by atoms with Crippen LogP contribution in [0.3, 0.4) is 0 Å². The van der Waals surface area contributed by atoms with Crippen LogP contribution in [0, 0.1) is 0 Å². The average Bonchev–Trinajstić information content (AvgIpc) is 2.89. The maximum atomic E-state index is 12.7. The highest BCUT2D eigenvalue weighted by atomic mass is 16.5. The van der Waals surface area contributed by atoms with Crippen molar-refractivity contribution < 1.29 is 19.0 Å². The van der Waals surface area contributed by atoms with Gasteiger partial charge < -0.3 is 19.1 Å². The minimum atomic E-state index is -0.391. The third-order valence-electron chi connectivity index (χ3n) is 7.11. The molecule has 0 atom stereocenters. The van der Waals surface area contributed by atoms with Crippen LogP contribution in [0.1, 0.15) is 80.8 Å². The molecule has 0 unspecified atom stereocenters. The van der Waals surface area contributed by atoms with Crippen molar-refractivity contribution >= 4 is 5.97 Å². The number of methoxy groups -OCH3 is 1. The van der Waals surface area contributed by atoms with Gasteiger partial charge in [-0.25, -0.2) is 4.79 Å².